The average molecular weight is 877 g/mol. The molecule has 15 rings (SSSR count). The lowest BCUT2D eigenvalue weighted by Gasteiger charge is -2.45. The lowest BCUT2D eigenvalue weighted by atomic mass is 9.35. The van der Waals surface area contributed by atoms with Crippen LogP contribution in [0.25, 0.3) is 58.6 Å². The molecule has 0 saturated carbocycles. The van der Waals surface area contributed by atoms with E-state index in [-0.39, 0.29) is 12.1 Å². The first kappa shape index (κ1) is 37.2. The van der Waals surface area contributed by atoms with Gasteiger partial charge >= 0.3 is 0 Å². The fourth-order valence-corrected chi connectivity index (χ4v) is 12.9. The summed E-state index contributed by atoms with van der Waals surface area (Å²) in [5.74, 6) is 0. The van der Waals surface area contributed by atoms with Gasteiger partial charge in [-0.2, -0.15) is 0 Å². The molecule has 67 heavy (non-hydrogen) atoms. The van der Waals surface area contributed by atoms with Crippen LogP contribution in [0.15, 0.2) is 199 Å². The minimum atomic E-state index is -0.204. The van der Waals surface area contributed by atoms with E-state index >= 15 is 0 Å². The molecule has 0 saturated heterocycles. The Balaban J connectivity index is 1.14. The molecular formula is C60H41BN4OS. The highest BCUT2D eigenvalue weighted by molar-refractivity contribution is 7.26. The van der Waals surface area contributed by atoms with Crippen molar-refractivity contribution < 1.29 is 4.42 Å². The maximum absolute atomic E-state index is 7.45. The van der Waals surface area contributed by atoms with Gasteiger partial charge in [0.1, 0.15) is 5.58 Å². The third-order valence-electron chi connectivity index (χ3n) is 14.6. The Bertz CT molecular complexity index is 4030. The van der Waals surface area contributed by atoms with Crippen molar-refractivity contribution in [2.45, 2.75) is 26.2 Å². The van der Waals surface area contributed by atoms with Crippen LogP contribution in [0.2, 0.25) is 0 Å². The van der Waals surface area contributed by atoms with E-state index in [1.54, 1.807) is 0 Å². The van der Waals surface area contributed by atoms with Gasteiger partial charge in [0.2, 0.25) is 0 Å². The minimum absolute atomic E-state index is 0.0758. The molecule has 0 fully saturated rings. The van der Waals surface area contributed by atoms with E-state index in [4.69, 9.17) is 4.42 Å². The fraction of sp³-hybridized carbons (Fsp3) is 0.0667. The number of fused-ring (bicyclic) bond motifs is 14. The summed E-state index contributed by atoms with van der Waals surface area (Å²) in [6.45, 7) is 6.71. The number of furan rings is 1. The Kier molecular flexibility index (Phi) is 7.40. The zero-order valence-electron chi connectivity index (χ0n) is 37.2. The Morgan fingerprint density at radius 1 is 0.493 bits per heavy atom. The van der Waals surface area contributed by atoms with Gasteiger partial charge in [-0.1, -0.05) is 130 Å². The van der Waals surface area contributed by atoms with Crippen LogP contribution in [0, 0.1) is 0 Å². The number of thiophene rings is 1. The molecule has 0 aliphatic carbocycles. The minimum Gasteiger partial charge on any atom is -0.468 e. The van der Waals surface area contributed by atoms with Crippen LogP contribution in [-0.4, -0.2) is 11.3 Å². The predicted molar refractivity (Wildman–Crippen MR) is 284 cm³/mol. The number of benzene rings is 9. The number of para-hydroxylation sites is 5. The van der Waals surface area contributed by atoms with Gasteiger partial charge in [0, 0.05) is 59.1 Å². The van der Waals surface area contributed by atoms with E-state index < -0.39 is 0 Å². The molecule has 316 valence electrons. The van der Waals surface area contributed by atoms with Crippen molar-refractivity contribution in [2.24, 2.45) is 0 Å². The molecule has 12 aromatic rings. The van der Waals surface area contributed by atoms with Crippen molar-refractivity contribution in [2.75, 3.05) is 14.7 Å². The highest BCUT2D eigenvalue weighted by Crippen LogP contribution is 2.56. The maximum atomic E-state index is 7.45. The number of anilines is 9. The van der Waals surface area contributed by atoms with E-state index in [0.717, 1.165) is 56.4 Å². The zero-order valence-corrected chi connectivity index (χ0v) is 38.0. The normalized spacial score (nSPS) is 13.5. The second kappa shape index (κ2) is 13.3. The number of nitrogens with zero attached hydrogens (tertiary/aromatic N) is 4. The third-order valence-corrected chi connectivity index (χ3v) is 15.7. The highest BCUT2D eigenvalue weighted by atomic mass is 32.1. The van der Waals surface area contributed by atoms with Crippen LogP contribution >= 0.6 is 11.3 Å². The van der Waals surface area contributed by atoms with E-state index in [2.05, 4.69) is 234 Å². The standard InChI is InChI=1S/C60H41BN4OS/c1-60(2,3)36-31-32-51-43(33-36)57-59(66-51)61-44-24-15-28-48-58(44)65(47-27-14-23-41-40-21-10-12-25-45(40)63(48)56(41)47)50-35-39(62(37-17-6-4-7-18-37)38-19-8-5-9-20-38)34-49(55(50)61)64(57)46-26-16-30-53-54(46)42-22-11-13-29-52(42)67-53/h4-35H,1-3H3. The number of hydrogen-bond acceptors (Lipinski definition) is 5. The first-order valence-electron chi connectivity index (χ1n) is 23.2. The maximum Gasteiger partial charge on any atom is 0.297 e. The summed E-state index contributed by atoms with van der Waals surface area (Å²) < 4.78 is 12.5. The van der Waals surface area contributed by atoms with Gasteiger partial charge in [-0.15, -0.1) is 11.3 Å². The zero-order chi connectivity index (χ0) is 44.3. The van der Waals surface area contributed by atoms with Gasteiger partial charge in [-0.05, 0) is 107 Å². The quantitative estimate of drug-likeness (QED) is 0.165. The molecule has 3 aromatic heterocycles. The van der Waals surface area contributed by atoms with Crippen molar-refractivity contribution in [3.63, 3.8) is 0 Å². The molecule has 7 heteroatoms. The average Bonchev–Trinajstić information content (AvgIpc) is 4.04. The molecule has 0 radical (unpaired) electrons. The summed E-state index contributed by atoms with van der Waals surface area (Å²) in [4.78, 5) is 7.59. The summed E-state index contributed by atoms with van der Waals surface area (Å²) in [5.41, 5.74) is 19.3. The summed E-state index contributed by atoms with van der Waals surface area (Å²) >= 11 is 1.86. The lowest BCUT2D eigenvalue weighted by Crippen LogP contribution is -2.61. The van der Waals surface area contributed by atoms with Gasteiger partial charge in [0.15, 0.2) is 0 Å². The van der Waals surface area contributed by atoms with E-state index in [0.29, 0.717) is 0 Å². The smallest absolute Gasteiger partial charge is 0.297 e. The summed E-state index contributed by atoms with van der Waals surface area (Å²) in [7, 11) is 0. The molecule has 0 unspecified atom stereocenters. The fourth-order valence-electron chi connectivity index (χ4n) is 11.7. The van der Waals surface area contributed by atoms with Gasteiger partial charge < -0.3 is 23.7 Å². The van der Waals surface area contributed by atoms with Crippen LogP contribution in [0.3, 0.4) is 0 Å². The molecule has 0 bridgehead atoms. The van der Waals surface area contributed by atoms with Crippen LogP contribution in [0.5, 0.6) is 0 Å². The predicted octanol–water partition coefficient (Wildman–Crippen LogP) is 15.1. The van der Waals surface area contributed by atoms with Crippen molar-refractivity contribution >= 4 is 139 Å². The summed E-state index contributed by atoms with van der Waals surface area (Å²) in [5, 5.41) is 6.13. The van der Waals surface area contributed by atoms with Gasteiger partial charge in [0.05, 0.1) is 50.8 Å². The van der Waals surface area contributed by atoms with Gasteiger partial charge in [-0.25, -0.2) is 0 Å². The Labute approximate surface area is 392 Å². The second-order valence-corrected chi connectivity index (χ2v) is 20.4. The molecule has 6 heterocycles. The Morgan fingerprint density at radius 3 is 1.90 bits per heavy atom. The highest BCUT2D eigenvalue weighted by Gasteiger charge is 2.49. The van der Waals surface area contributed by atoms with Crippen LogP contribution in [0.4, 0.5) is 51.2 Å². The third kappa shape index (κ3) is 4.99. The van der Waals surface area contributed by atoms with Crippen molar-refractivity contribution in [1.82, 2.24) is 4.57 Å². The second-order valence-electron chi connectivity index (χ2n) is 19.3. The number of hydrogen-bond donors (Lipinski definition) is 0. The molecular weight excluding hydrogens is 836 g/mol. The van der Waals surface area contributed by atoms with Gasteiger partial charge in [-0.3, -0.25) is 0 Å². The monoisotopic (exact) mass is 876 g/mol. The largest absolute Gasteiger partial charge is 0.468 e. The molecule has 3 aliphatic heterocycles. The van der Waals surface area contributed by atoms with Crippen LogP contribution in [0.1, 0.15) is 26.3 Å². The van der Waals surface area contributed by atoms with E-state index in [1.807, 2.05) is 11.3 Å². The summed E-state index contributed by atoms with van der Waals surface area (Å²) in [6.07, 6.45) is 0. The number of rotatable bonds is 4. The molecule has 0 atom stereocenters. The Hall–Kier alpha value is -8.00. The first-order chi connectivity index (χ1) is 32.9. The van der Waals surface area contributed by atoms with Crippen LogP contribution in [-0.2, 0) is 5.41 Å². The summed E-state index contributed by atoms with van der Waals surface area (Å²) in [6, 6.07) is 71.8. The van der Waals surface area contributed by atoms with E-state index in [9.17, 15) is 0 Å². The van der Waals surface area contributed by atoms with Crippen molar-refractivity contribution in [3.8, 4) is 5.69 Å². The molecule has 3 aliphatic rings. The molecule has 0 amide bonds. The molecule has 5 nitrogen and oxygen atoms in total. The number of aromatic nitrogens is 1. The van der Waals surface area contributed by atoms with Crippen molar-refractivity contribution in [1.29, 1.82) is 0 Å². The van der Waals surface area contributed by atoms with E-state index in [1.165, 1.54) is 75.5 Å². The first-order valence-corrected chi connectivity index (χ1v) is 24.0. The lowest BCUT2D eigenvalue weighted by molar-refractivity contribution is 0.590. The van der Waals surface area contributed by atoms with Crippen LogP contribution < -0.4 is 31.3 Å². The molecule has 0 N–H and O–H groups in total. The Morgan fingerprint density at radius 2 is 1.12 bits per heavy atom. The molecule has 9 aromatic carbocycles. The van der Waals surface area contributed by atoms with Gasteiger partial charge in [0.25, 0.3) is 6.71 Å². The SMILES string of the molecule is CC(C)(C)c1ccc2oc3c(c2c1)N(c1cccc2sc4ccccc4c12)c1cc(N(c2ccccc2)c2ccccc2)cc2c1B3c1cccc3c1N2c1cccc2c4ccccc4n-3c12. The topological polar surface area (TPSA) is 27.8 Å². The molecule has 0 spiro atoms. The van der Waals surface area contributed by atoms with Crippen molar-refractivity contribution in [3.05, 3.63) is 200 Å².